The van der Waals surface area contributed by atoms with E-state index in [9.17, 15) is 9.18 Å². The zero-order valence-electron chi connectivity index (χ0n) is 14.7. The lowest BCUT2D eigenvalue weighted by molar-refractivity contribution is -0.116. The molecule has 0 saturated heterocycles. The molecule has 0 aliphatic rings. The van der Waals surface area contributed by atoms with Crippen LogP contribution in [0, 0.1) is 5.82 Å². The molecule has 0 aliphatic heterocycles. The third-order valence-corrected chi connectivity index (χ3v) is 4.46. The maximum atomic E-state index is 13.3. The Balaban J connectivity index is 1.61. The number of rotatable bonds is 7. The Morgan fingerprint density at radius 2 is 2.00 bits per heavy atom. The number of nitrogens with two attached hydrogens (primary N) is 1. The van der Waals surface area contributed by atoms with Crippen molar-refractivity contribution >= 4 is 39.2 Å². The molecule has 1 amide bonds. The van der Waals surface area contributed by atoms with Crippen molar-refractivity contribution in [2.45, 2.75) is 19.3 Å². The van der Waals surface area contributed by atoms with E-state index >= 15 is 0 Å². The van der Waals surface area contributed by atoms with Gasteiger partial charge in [0.25, 0.3) is 0 Å². The van der Waals surface area contributed by atoms with Gasteiger partial charge in [-0.15, -0.1) is 0 Å². The van der Waals surface area contributed by atoms with E-state index in [0.717, 1.165) is 6.42 Å². The molecule has 1 heterocycles. The molecule has 0 atom stereocenters. The van der Waals surface area contributed by atoms with E-state index in [1.54, 1.807) is 0 Å². The Kier molecular flexibility index (Phi) is 6.49. The van der Waals surface area contributed by atoms with Crippen LogP contribution in [0.4, 0.5) is 15.9 Å². The topological polar surface area (TPSA) is 106 Å². The molecule has 7 nitrogen and oxygen atoms in total. The van der Waals surface area contributed by atoms with Crippen LogP contribution in [-0.4, -0.2) is 22.1 Å². The van der Waals surface area contributed by atoms with Crippen LogP contribution in [0.2, 0.25) is 0 Å². The summed E-state index contributed by atoms with van der Waals surface area (Å²) in [5.74, 6) is -0.569. The Morgan fingerprint density at radius 1 is 1.21 bits per heavy atom. The SMILES string of the molecule is NC(=Nc1ccc(F)c(Br)c1)c1nonc1NC(=O)CCCc1ccccc1. The van der Waals surface area contributed by atoms with E-state index in [-0.39, 0.29) is 27.7 Å². The van der Waals surface area contributed by atoms with Crippen LogP contribution in [0.15, 0.2) is 62.6 Å². The van der Waals surface area contributed by atoms with Crippen molar-refractivity contribution in [2.75, 3.05) is 5.32 Å². The fourth-order valence-corrected chi connectivity index (χ4v) is 2.84. The monoisotopic (exact) mass is 445 g/mol. The van der Waals surface area contributed by atoms with Crippen molar-refractivity contribution in [2.24, 2.45) is 10.7 Å². The van der Waals surface area contributed by atoms with E-state index in [4.69, 9.17) is 5.73 Å². The summed E-state index contributed by atoms with van der Waals surface area (Å²) in [5, 5.41) is 9.99. The van der Waals surface area contributed by atoms with Crippen molar-refractivity contribution in [3.8, 4) is 0 Å². The van der Waals surface area contributed by atoms with Gasteiger partial charge in [0.15, 0.2) is 11.5 Å². The van der Waals surface area contributed by atoms with E-state index < -0.39 is 5.82 Å². The average molecular weight is 446 g/mol. The van der Waals surface area contributed by atoms with Gasteiger partial charge in [-0.1, -0.05) is 30.3 Å². The first-order valence-corrected chi connectivity index (χ1v) is 9.28. The molecule has 28 heavy (non-hydrogen) atoms. The van der Waals surface area contributed by atoms with Crippen molar-refractivity contribution in [3.63, 3.8) is 0 Å². The number of nitrogens with one attached hydrogen (secondary N) is 1. The molecule has 1 aromatic heterocycles. The number of amidine groups is 1. The van der Waals surface area contributed by atoms with Crippen molar-refractivity contribution in [3.05, 3.63) is 70.1 Å². The number of hydrogen-bond donors (Lipinski definition) is 2. The number of halogens is 2. The first-order valence-electron chi connectivity index (χ1n) is 8.49. The third kappa shape index (κ3) is 5.23. The molecular weight excluding hydrogens is 429 g/mol. The largest absolute Gasteiger partial charge is 0.382 e. The Labute approximate surface area is 168 Å². The minimum absolute atomic E-state index is 0.0145. The molecule has 0 saturated carbocycles. The summed E-state index contributed by atoms with van der Waals surface area (Å²) >= 11 is 3.08. The minimum Gasteiger partial charge on any atom is -0.382 e. The van der Waals surface area contributed by atoms with Crippen molar-refractivity contribution < 1.29 is 13.8 Å². The highest BCUT2D eigenvalue weighted by Crippen LogP contribution is 2.23. The molecule has 3 rings (SSSR count). The number of carbonyl (C=O) groups excluding carboxylic acids is 1. The molecule has 0 fully saturated rings. The van der Waals surface area contributed by atoms with E-state index in [1.165, 1.54) is 23.8 Å². The Morgan fingerprint density at radius 3 is 2.75 bits per heavy atom. The lowest BCUT2D eigenvalue weighted by atomic mass is 10.1. The second-order valence-corrected chi connectivity index (χ2v) is 6.80. The molecule has 9 heteroatoms. The van der Waals surface area contributed by atoms with Crippen LogP contribution in [-0.2, 0) is 11.2 Å². The fraction of sp³-hybridized carbons (Fsp3) is 0.158. The van der Waals surface area contributed by atoms with Gasteiger partial charge in [-0.2, -0.15) is 0 Å². The molecule has 0 radical (unpaired) electrons. The van der Waals surface area contributed by atoms with Gasteiger partial charge in [0.2, 0.25) is 11.7 Å². The molecular formula is C19H17BrFN5O2. The van der Waals surface area contributed by atoms with Crippen LogP contribution in [0.3, 0.4) is 0 Å². The number of amides is 1. The number of aliphatic imine (C=N–C) groups is 1. The summed E-state index contributed by atoms with van der Waals surface area (Å²) in [6.45, 7) is 0. The molecule has 144 valence electrons. The summed E-state index contributed by atoms with van der Waals surface area (Å²) in [6, 6.07) is 14.1. The number of nitrogens with zero attached hydrogens (tertiary/aromatic N) is 3. The minimum atomic E-state index is -0.413. The van der Waals surface area contributed by atoms with Crippen LogP contribution in [0.5, 0.6) is 0 Å². The predicted octanol–water partition coefficient (Wildman–Crippen LogP) is 3.97. The van der Waals surface area contributed by atoms with Crippen LogP contribution in [0.25, 0.3) is 0 Å². The van der Waals surface area contributed by atoms with E-state index in [0.29, 0.717) is 18.5 Å². The third-order valence-electron chi connectivity index (χ3n) is 3.85. The predicted molar refractivity (Wildman–Crippen MR) is 107 cm³/mol. The highest BCUT2D eigenvalue weighted by Gasteiger charge is 2.16. The van der Waals surface area contributed by atoms with Gasteiger partial charge in [0.05, 0.1) is 10.2 Å². The molecule has 3 aromatic rings. The zero-order chi connectivity index (χ0) is 19.9. The lowest BCUT2D eigenvalue weighted by Gasteiger charge is -2.04. The van der Waals surface area contributed by atoms with Gasteiger partial charge in [0, 0.05) is 6.42 Å². The summed E-state index contributed by atoms with van der Waals surface area (Å²) < 4.78 is 18.2. The van der Waals surface area contributed by atoms with Gasteiger partial charge in [-0.25, -0.2) is 14.0 Å². The summed E-state index contributed by atoms with van der Waals surface area (Å²) in [4.78, 5) is 16.3. The molecule has 0 bridgehead atoms. The van der Waals surface area contributed by atoms with Crippen LogP contribution >= 0.6 is 15.9 Å². The number of carbonyl (C=O) groups is 1. The van der Waals surface area contributed by atoms with Gasteiger partial charge in [-0.05, 0) is 62.8 Å². The Bertz CT molecular complexity index is 991. The first-order chi connectivity index (χ1) is 13.5. The number of aryl methyl sites for hydroxylation is 1. The fourth-order valence-electron chi connectivity index (χ4n) is 2.48. The van der Waals surface area contributed by atoms with Crippen LogP contribution < -0.4 is 11.1 Å². The molecule has 3 N–H and O–H groups in total. The van der Waals surface area contributed by atoms with Crippen molar-refractivity contribution in [1.82, 2.24) is 10.3 Å². The second kappa shape index (κ2) is 9.23. The molecule has 2 aromatic carbocycles. The first kappa shape index (κ1) is 19.7. The van der Waals surface area contributed by atoms with Crippen LogP contribution in [0.1, 0.15) is 24.1 Å². The summed E-state index contributed by atoms with van der Waals surface area (Å²) in [6.07, 6.45) is 1.79. The summed E-state index contributed by atoms with van der Waals surface area (Å²) in [5.41, 5.74) is 7.63. The maximum Gasteiger partial charge on any atom is 0.225 e. The quantitative estimate of drug-likeness (QED) is 0.422. The highest BCUT2D eigenvalue weighted by atomic mass is 79.9. The zero-order valence-corrected chi connectivity index (χ0v) is 16.3. The normalized spacial score (nSPS) is 11.4. The van der Waals surface area contributed by atoms with Gasteiger partial charge < -0.3 is 11.1 Å². The average Bonchev–Trinajstić information content (AvgIpc) is 3.14. The van der Waals surface area contributed by atoms with E-state index in [2.05, 4.69) is 41.2 Å². The molecule has 0 aliphatic carbocycles. The highest BCUT2D eigenvalue weighted by molar-refractivity contribution is 9.10. The second-order valence-electron chi connectivity index (χ2n) is 5.94. The standard InChI is InChI=1S/C19H17BrFN5O2/c20-14-11-13(9-10-15(14)21)23-18(22)17-19(26-28-25-17)24-16(27)8-4-7-12-5-2-1-3-6-12/h1-3,5-6,9-11H,4,7-8H2,(H2,22,23)(H,24,26,27). The number of hydrogen-bond acceptors (Lipinski definition) is 5. The Hall–Kier alpha value is -3.07. The lowest BCUT2D eigenvalue weighted by Crippen LogP contribution is -2.19. The smallest absolute Gasteiger partial charge is 0.225 e. The molecule has 0 spiro atoms. The van der Waals surface area contributed by atoms with E-state index in [1.807, 2.05) is 30.3 Å². The van der Waals surface area contributed by atoms with Gasteiger partial charge in [-0.3, -0.25) is 4.79 Å². The maximum absolute atomic E-state index is 13.3. The molecule has 0 unspecified atom stereocenters. The van der Waals surface area contributed by atoms with Gasteiger partial charge in [0.1, 0.15) is 5.82 Å². The number of aromatic nitrogens is 2. The summed E-state index contributed by atoms with van der Waals surface area (Å²) in [7, 11) is 0. The van der Waals surface area contributed by atoms with Gasteiger partial charge >= 0.3 is 0 Å². The number of benzene rings is 2. The number of anilines is 1. The van der Waals surface area contributed by atoms with Crippen molar-refractivity contribution in [1.29, 1.82) is 0 Å².